The monoisotopic (exact) mass is 547 g/mol. The summed E-state index contributed by atoms with van der Waals surface area (Å²) in [4.78, 5) is 56.5. The van der Waals surface area contributed by atoms with Gasteiger partial charge in [0.2, 0.25) is 5.43 Å². The number of carbonyl (C=O) groups is 3. The molecule has 3 rings (SSSR count). The lowest BCUT2D eigenvalue weighted by atomic mass is 9.99. The number of rotatable bonds is 9. The van der Waals surface area contributed by atoms with Crippen LogP contribution < -0.4 is 22.2 Å². The average molecular weight is 547 g/mol. The molecule has 0 spiro atoms. The van der Waals surface area contributed by atoms with Crippen LogP contribution in [-0.4, -0.2) is 79.6 Å². The maximum atomic E-state index is 12.9. The van der Waals surface area contributed by atoms with Crippen molar-refractivity contribution in [3.8, 4) is 5.75 Å². The number of aromatic nitrogens is 2. The molecule has 20 heteroatoms. The summed E-state index contributed by atoms with van der Waals surface area (Å²) in [6, 6.07) is -2.29. The number of pyridine rings is 1. The summed E-state index contributed by atoms with van der Waals surface area (Å²) in [6.45, 7) is -1.36. The fraction of sp³-hybridized carbons (Fsp3) is 0.250. The van der Waals surface area contributed by atoms with Crippen molar-refractivity contribution in [2.24, 2.45) is 10.9 Å². The lowest BCUT2D eigenvalue weighted by molar-refractivity contribution is -0.146. The Hall–Kier alpha value is -4.43. The van der Waals surface area contributed by atoms with Crippen molar-refractivity contribution in [1.29, 1.82) is 0 Å². The zero-order chi connectivity index (χ0) is 26.8. The van der Waals surface area contributed by atoms with E-state index in [1.807, 2.05) is 0 Å². The van der Waals surface area contributed by atoms with Gasteiger partial charge in [-0.05, 0) is 0 Å². The molecule has 0 saturated carbocycles. The Balaban J connectivity index is 1.83. The number of nitrogens with two attached hydrogens (primary N) is 2. The van der Waals surface area contributed by atoms with Crippen molar-refractivity contribution >= 4 is 50.4 Å². The third-order valence-corrected chi connectivity index (χ3v) is 6.16. The SMILES string of the molecule is NC(=O)OCC1C(NC(=O)/C(=N/OCc2cc(=O)c(O)cn2O)c2csc(N)n2)C(=O)N1S(=O)(=O)O. The molecular weight excluding hydrogens is 530 g/mol. The van der Waals surface area contributed by atoms with Gasteiger partial charge < -0.3 is 36.7 Å². The van der Waals surface area contributed by atoms with Gasteiger partial charge >= 0.3 is 16.4 Å². The highest BCUT2D eigenvalue weighted by Gasteiger charge is 2.54. The number of ether oxygens (including phenoxy) is 1. The quantitative estimate of drug-likeness (QED) is 0.0615. The first-order valence-corrected chi connectivity index (χ1v) is 11.7. The lowest BCUT2D eigenvalue weighted by Gasteiger charge is -2.43. The third-order valence-electron chi connectivity index (χ3n) is 4.54. The predicted molar refractivity (Wildman–Crippen MR) is 117 cm³/mol. The van der Waals surface area contributed by atoms with Gasteiger partial charge in [0, 0.05) is 11.4 Å². The number of oxime groups is 1. The molecular formula is C16H17N7O11S2. The summed E-state index contributed by atoms with van der Waals surface area (Å²) in [7, 11) is -5.06. The highest BCUT2D eigenvalue weighted by Crippen LogP contribution is 2.24. The van der Waals surface area contributed by atoms with Crippen molar-refractivity contribution in [2.45, 2.75) is 18.7 Å². The van der Waals surface area contributed by atoms with Crippen molar-refractivity contribution in [3.63, 3.8) is 0 Å². The van der Waals surface area contributed by atoms with E-state index in [1.165, 1.54) is 5.38 Å². The number of aromatic hydroxyl groups is 1. The highest BCUT2D eigenvalue weighted by molar-refractivity contribution is 7.84. The second-order valence-corrected chi connectivity index (χ2v) is 9.08. The number of carbonyl (C=O) groups excluding carboxylic acids is 3. The van der Waals surface area contributed by atoms with Crippen LogP contribution in [0, 0.1) is 0 Å². The average Bonchev–Trinajstić information content (AvgIpc) is 3.20. The van der Waals surface area contributed by atoms with E-state index in [9.17, 15) is 42.5 Å². The van der Waals surface area contributed by atoms with Gasteiger partial charge in [-0.25, -0.2) is 14.1 Å². The molecule has 1 aliphatic heterocycles. The first-order chi connectivity index (χ1) is 16.8. The molecule has 3 heterocycles. The van der Waals surface area contributed by atoms with Crippen molar-refractivity contribution in [3.05, 3.63) is 39.3 Å². The standard InChI is InChI=1S/C16H17N7O11S2/c17-15-19-7(5-35-15)11(21-34-3-6-1-9(24)10(25)2-22(6)29)13(26)20-12-8(4-33-16(18)28)23(14(12)27)36(30,31)32/h1-2,5,8,12,25,29H,3-4H2,(H2,17,19)(H2,18,28)(H,20,26)(H,30,31,32)/b21-11+. The first kappa shape index (κ1) is 26.2. The van der Waals surface area contributed by atoms with Gasteiger partial charge in [-0.3, -0.25) is 18.9 Å². The smallest absolute Gasteiger partial charge is 0.404 e. The van der Waals surface area contributed by atoms with Gasteiger partial charge in [-0.1, -0.05) is 5.16 Å². The fourth-order valence-electron chi connectivity index (χ4n) is 2.93. The minimum atomic E-state index is -5.06. The molecule has 0 aliphatic carbocycles. The Morgan fingerprint density at radius 2 is 2.03 bits per heavy atom. The molecule has 0 radical (unpaired) electrons. The van der Waals surface area contributed by atoms with E-state index >= 15 is 0 Å². The van der Waals surface area contributed by atoms with E-state index in [-0.39, 0.29) is 20.8 Å². The van der Waals surface area contributed by atoms with Gasteiger partial charge in [-0.15, -0.1) is 11.3 Å². The maximum absolute atomic E-state index is 12.9. The van der Waals surface area contributed by atoms with Gasteiger partial charge in [-0.2, -0.15) is 13.1 Å². The summed E-state index contributed by atoms with van der Waals surface area (Å²) in [5.74, 6) is -3.11. The van der Waals surface area contributed by atoms with Crippen LogP contribution >= 0.6 is 11.3 Å². The van der Waals surface area contributed by atoms with Gasteiger partial charge in [0.05, 0.1) is 6.20 Å². The molecule has 2 aromatic rings. The molecule has 18 nitrogen and oxygen atoms in total. The van der Waals surface area contributed by atoms with Crippen molar-refractivity contribution < 1.29 is 47.2 Å². The summed E-state index contributed by atoms with van der Waals surface area (Å²) >= 11 is 0.919. The third kappa shape index (κ3) is 5.61. The number of nitrogen functional groups attached to an aromatic ring is 1. The summed E-state index contributed by atoms with van der Waals surface area (Å²) in [6.07, 6.45) is -0.600. The van der Waals surface area contributed by atoms with Crippen LogP contribution in [0.5, 0.6) is 5.75 Å². The van der Waals surface area contributed by atoms with E-state index in [0.717, 1.165) is 17.4 Å². The van der Waals surface area contributed by atoms with Crippen LogP contribution in [0.15, 0.2) is 27.6 Å². The van der Waals surface area contributed by atoms with Crippen LogP contribution in [-0.2, 0) is 36.1 Å². The highest BCUT2D eigenvalue weighted by atomic mass is 32.2. The Kier molecular flexibility index (Phi) is 7.31. The molecule has 1 fully saturated rings. The van der Waals surface area contributed by atoms with Crippen LogP contribution in [0.3, 0.4) is 0 Å². The predicted octanol–water partition coefficient (Wildman–Crippen LogP) is -2.66. The molecule has 1 aliphatic rings. The molecule has 0 bridgehead atoms. The number of amides is 3. The van der Waals surface area contributed by atoms with Crippen LogP contribution in [0.4, 0.5) is 9.93 Å². The molecule has 2 aromatic heterocycles. The Bertz CT molecular complexity index is 1400. The number of thiazole rings is 1. The molecule has 3 amide bonds. The number of anilines is 1. The molecule has 2 atom stereocenters. The number of primary amides is 1. The first-order valence-electron chi connectivity index (χ1n) is 9.38. The summed E-state index contributed by atoms with van der Waals surface area (Å²) < 4.78 is 37.0. The zero-order valence-corrected chi connectivity index (χ0v) is 19.3. The molecule has 194 valence electrons. The van der Waals surface area contributed by atoms with E-state index in [4.69, 9.17) is 16.3 Å². The summed E-state index contributed by atoms with van der Waals surface area (Å²) in [5, 5.41) is 26.1. The minimum absolute atomic E-state index is 0.0135. The Labute approximate surface area is 204 Å². The topological polar surface area (TPSA) is 279 Å². The molecule has 8 N–H and O–H groups in total. The second-order valence-electron chi connectivity index (χ2n) is 6.90. The second kappa shape index (κ2) is 10.1. The van der Waals surface area contributed by atoms with Gasteiger partial charge in [0.1, 0.15) is 30.1 Å². The van der Waals surface area contributed by atoms with Gasteiger partial charge in [0.15, 0.2) is 23.2 Å². The van der Waals surface area contributed by atoms with Crippen LogP contribution in [0.1, 0.15) is 11.4 Å². The molecule has 0 aromatic carbocycles. The van der Waals surface area contributed by atoms with Crippen LogP contribution in [0.2, 0.25) is 0 Å². The van der Waals surface area contributed by atoms with E-state index in [0.29, 0.717) is 10.9 Å². The maximum Gasteiger partial charge on any atom is 0.404 e. The number of nitrogens with zero attached hydrogens (tertiary/aromatic N) is 4. The normalized spacial score (nSPS) is 17.9. The van der Waals surface area contributed by atoms with Crippen molar-refractivity contribution in [2.75, 3.05) is 12.3 Å². The lowest BCUT2D eigenvalue weighted by Crippen LogP contribution is -2.73. The van der Waals surface area contributed by atoms with E-state index < -0.39 is 70.4 Å². The van der Waals surface area contributed by atoms with Crippen molar-refractivity contribution in [1.82, 2.24) is 19.3 Å². The number of hydrogen-bond donors (Lipinski definition) is 6. The van der Waals surface area contributed by atoms with Crippen LogP contribution in [0.25, 0.3) is 0 Å². The fourth-order valence-corrected chi connectivity index (χ4v) is 4.34. The zero-order valence-electron chi connectivity index (χ0n) is 17.7. The number of β-lactam (4-membered cyclic amide) rings is 1. The Morgan fingerprint density at radius 1 is 1.33 bits per heavy atom. The molecule has 36 heavy (non-hydrogen) atoms. The Morgan fingerprint density at radius 3 is 2.61 bits per heavy atom. The largest absolute Gasteiger partial charge is 0.503 e. The number of hydrogen-bond acceptors (Lipinski definition) is 14. The van der Waals surface area contributed by atoms with Gasteiger partial charge in [0.25, 0.3) is 11.8 Å². The van der Waals surface area contributed by atoms with E-state index in [2.05, 4.69) is 20.2 Å². The molecule has 1 saturated heterocycles. The number of nitrogens with one attached hydrogen (secondary N) is 1. The summed E-state index contributed by atoms with van der Waals surface area (Å²) in [5.41, 5.74) is 8.74. The van der Waals surface area contributed by atoms with E-state index in [1.54, 1.807) is 0 Å². The minimum Gasteiger partial charge on any atom is -0.503 e. The molecule has 2 unspecified atom stereocenters.